The van der Waals surface area contributed by atoms with Crippen LogP contribution in [0.3, 0.4) is 0 Å². The van der Waals surface area contributed by atoms with Gasteiger partial charge in [0.2, 0.25) is 11.8 Å². The van der Waals surface area contributed by atoms with Crippen LogP contribution in [0, 0.1) is 27.7 Å². The molecular formula is C35H39N3O4S. The summed E-state index contributed by atoms with van der Waals surface area (Å²) >= 11 is 0. The maximum Gasteiger partial charge on any atom is 0.264 e. The van der Waals surface area contributed by atoms with E-state index >= 15 is 0 Å². The molecule has 0 saturated carbocycles. The Balaban J connectivity index is 1.80. The molecule has 0 aliphatic rings. The van der Waals surface area contributed by atoms with Crippen LogP contribution in [-0.2, 0) is 32.6 Å². The van der Waals surface area contributed by atoms with Gasteiger partial charge in [0.15, 0.2) is 0 Å². The molecule has 1 atom stereocenters. The van der Waals surface area contributed by atoms with Crippen molar-refractivity contribution in [1.82, 2.24) is 10.2 Å². The fraction of sp³-hybridized carbons (Fsp3) is 0.257. The number of anilines is 1. The van der Waals surface area contributed by atoms with Crippen molar-refractivity contribution in [2.24, 2.45) is 0 Å². The summed E-state index contributed by atoms with van der Waals surface area (Å²) in [6, 6.07) is 28.3. The van der Waals surface area contributed by atoms with E-state index in [4.69, 9.17) is 0 Å². The summed E-state index contributed by atoms with van der Waals surface area (Å²) in [6.07, 6.45) is 0.270. The Hall–Kier alpha value is -4.43. The molecule has 0 heterocycles. The second-order valence-corrected chi connectivity index (χ2v) is 12.8. The predicted molar refractivity (Wildman–Crippen MR) is 171 cm³/mol. The van der Waals surface area contributed by atoms with E-state index in [2.05, 4.69) is 5.32 Å². The van der Waals surface area contributed by atoms with E-state index in [1.165, 1.54) is 4.90 Å². The first-order valence-corrected chi connectivity index (χ1v) is 15.7. The van der Waals surface area contributed by atoms with Gasteiger partial charge in [-0.1, -0.05) is 83.9 Å². The van der Waals surface area contributed by atoms with Gasteiger partial charge in [0.05, 0.1) is 10.6 Å². The highest BCUT2D eigenvalue weighted by Gasteiger charge is 2.34. The largest absolute Gasteiger partial charge is 0.357 e. The highest BCUT2D eigenvalue weighted by molar-refractivity contribution is 7.92. The van der Waals surface area contributed by atoms with Crippen LogP contribution in [0.15, 0.2) is 102 Å². The maximum absolute atomic E-state index is 14.4. The van der Waals surface area contributed by atoms with Gasteiger partial charge in [-0.05, 0) is 74.2 Å². The molecule has 0 fully saturated rings. The van der Waals surface area contributed by atoms with E-state index in [1.54, 1.807) is 43.4 Å². The van der Waals surface area contributed by atoms with Crippen molar-refractivity contribution >= 4 is 27.5 Å². The zero-order valence-electron chi connectivity index (χ0n) is 25.4. The third-order valence-electron chi connectivity index (χ3n) is 7.62. The first-order chi connectivity index (χ1) is 20.5. The van der Waals surface area contributed by atoms with E-state index in [1.807, 2.05) is 88.4 Å². The standard InChI is InChI=1S/C35H39N3O4S/c1-25-14-18-32(19-15-25)43(41,42)38(31-17-16-27(3)28(4)21-31)24-34(39)37(23-30-13-9-10-26(2)20-30)33(35(40)36-5)22-29-11-7-6-8-12-29/h6-21,33H,22-24H2,1-5H3,(H,36,40)/t33-/m1/s1. The highest BCUT2D eigenvalue weighted by Crippen LogP contribution is 2.27. The van der Waals surface area contributed by atoms with Crippen molar-refractivity contribution in [3.63, 3.8) is 0 Å². The summed E-state index contributed by atoms with van der Waals surface area (Å²) in [4.78, 5) is 29.3. The Morgan fingerprint density at radius 2 is 1.42 bits per heavy atom. The number of hydrogen-bond donors (Lipinski definition) is 1. The van der Waals surface area contributed by atoms with Crippen LogP contribution in [0.1, 0.15) is 33.4 Å². The van der Waals surface area contributed by atoms with Crippen LogP contribution in [0.25, 0.3) is 0 Å². The topological polar surface area (TPSA) is 86.8 Å². The molecule has 1 N–H and O–H groups in total. The molecule has 2 amide bonds. The molecule has 0 aromatic heterocycles. The number of carbonyl (C=O) groups is 2. The average Bonchev–Trinajstić information content (AvgIpc) is 2.99. The second kappa shape index (κ2) is 13.7. The highest BCUT2D eigenvalue weighted by atomic mass is 32.2. The van der Waals surface area contributed by atoms with Gasteiger partial charge in [-0.25, -0.2) is 8.42 Å². The van der Waals surface area contributed by atoms with Crippen molar-refractivity contribution in [3.05, 3.63) is 130 Å². The van der Waals surface area contributed by atoms with Gasteiger partial charge in [0, 0.05) is 20.0 Å². The molecule has 224 valence electrons. The lowest BCUT2D eigenvalue weighted by atomic mass is 10.0. The molecule has 4 aromatic rings. The Morgan fingerprint density at radius 3 is 2.05 bits per heavy atom. The lowest BCUT2D eigenvalue weighted by molar-refractivity contribution is -0.139. The molecule has 7 nitrogen and oxygen atoms in total. The number of benzene rings is 4. The summed E-state index contributed by atoms with van der Waals surface area (Å²) in [6.45, 7) is 7.36. The number of nitrogens with one attached hydrogen (secondary N) is 1. The summed E-state index contributed by atoms with van der Waals surface area (Å²) in [5.41, 5.74) is 5.96. The zero-order chi connectivity index (χ0) is 31.1. The number of aryl methyl sites for hydroxylation is 4. The maximum atomic E-state index is 14.4. The van der Waals surface area contributed by atoms with Crippen molar-refractivity contribution in [1.29, 1.82) is 0 Å². The number of likely N-dealkylation sites (N-methyl/N-ethyl adjacent to an activating group) is 1. The Morgan fingerprint density at radius 1 is 0.744 bits per heavy atom. The normalized spacial score (nSPS) is 11.9. The lowest BCUT2D eigenvalue weighted by Gasteiger charge is -2.33. The number of sulfonamides is 1. The molecule has 0 radical (unpaired) electrons. The van der Waals surface area contributed by atoms with Gasteiger partial charge < -0.3 is 10.2 Å². The first kappa shape index (κ1) is 31.5. The fourth-order valence-electron chi connectivity index (χ4n) is 4.97. The van der Waals surface area contributed by atoms with Gasteiger partial charge in [-0.15, -0.1) is 0 Å². The van der Waals surface area contributed by atoms with Crippen molar-refractivity contribution in [3.8, 4) is 0 Å². The Labute approximate surface area is 255 Å². The van der Waals surface area contributed by atoms with Crippen molar-refractivity contribution in [2.45, 2.75) is 51.6 Å². The van der Waals surface area contributed by atoms with Crippen LogP contribution in [0.4, 0.5) is 5.69 Å². The Bertz CT molecular complexity index is 1690. The summed E-state index contributed by atoms with van der Waals surface area (Å²) in [5.74, 6) is -0.816. The van der Waals surface area contributed by atoms with Crippen molar-refractivity contribution in [2.75, 3.05) is 17.9 Å². The number of hydrogen-bond acceptors (Lipinski definition) is 4. The van der Waals surface area contributed by atoms with Gasteiger partial charge in [-0.2, -0.15) is 0 Å². The van der Waals surface area contributed by atoms with Crippen LogP contribution in [0.5, 0.6) is 0 Å². The van der Waals surface area contributed by atoms with E-state index in [0.29, 0.717) is 5.69 Å². The quantitative estimate of drug-likeness (QED) is 0.247. The smallest absolute Gasteiger partial charge is 0.264 e. The second-order valence-electron chi connectivity index (χ2n) is 10.9. The number of rotatable bonds is 11. The van der Waals surface area contributed by atoms with E-state index in [-0.39, 0.29) is 23.8 Å². The van der Waals surface area contributed by atoms with Gasteiger partial charge in [-0.3, -0.25) is 13.9 Å². The molecular weight excluding hydrogens is 558 g/mol. The third-order valence-corrected chi connectivity index (χ3v) is 9.41. The van der Waals surface area contributed by atoms with Crippen LogP contribution >= 0.6 is 0 Å². The average molecular weight is 598 g/mol. The minimum atomic E-state index is -4.13. The molecule has 0 aliphatic heterocycles. The van der Waals surface area contributed by atoms with Gasteiger partial charge in [0.1, 0.15) is 12.6 Å². The third kappa shape index (κ3) is 7.70. The molecule has 43 heavy (non-hydrogen) atoms. The number of amides is 2. The molecule has 0 saturated heterocycles. The number of carbonyl (C=O) groups excluding carboxylic acids is 2. The summed E-state index contributed by atoms with van der Waals surface area (Å²) < 4.78 is 29.4. The predicted octanol–water partition coefficient (Wildman–Crippen LogP) is 5.50. The molecule has 8 heteroatoms. The van der Waals surface area contributed by atoms with Crippen molar-refractivity contribution < 1.29 is 18.0 Å². The molecule has 0 aliphatic carbocycles. The molecule has 0 unspecified atom stereocenters. The lowest BCUT2D eigenvalue weighted by Crippen LogP contribution is -2.53. The van der Waals surface area contributed by atoms with Crippen LogP contribution < -0.4 is 9.62 Å². The number of nitrogens with zero attached hydrogens (tertiary/aromatic N) is 2. The van der Waals surface area contributed by atoms with Crippen LogP contribution in [0.2, 0.25) is 0 Å². The first-order valence-electron chi connectivity index (χ1n) is 14.3. The van der Waals surface area contributed by atoms with E-state index in [0.717, 1.165) is 37.7 Å². The summed E-state index contributed by atoms with van der Waals surface area (Å²) in [7, 11) is -2.59. The van der Waals surface area contributed by atoms with E-state index in [9.17, 15) is 18.0 Å². The fourth-order valence-corrected chi connectivity index (χ4v) is 6.38. The Kier molecular flexibility index (Phi) is 10.0. The molecule has 4 aromatic carbocycles. The van der Waals surface area contributed by atoms with E-state index < -0.39 is 28.5 Å². The van der Waals surface area contributed by atoms with Gasteiger partial charge in [0.25, 0.3) is 10.0 Å². The zero-order valence-corrected chi connectivity index (χ0v) is 26.2. The molecule has 4 rings (SSSR count). The van der Waals surface area contributed by atoms with Gasteiger partial charge >= 0.3 is 0 Å². The monoisotopic (exact) mass is 597 g/mol. The minimum absolute atomic E-state index is 0.0847. The van der Waals surface area contributed by atoms with Crippen LogP contribution in [-0.4, -0.2) is 44.8 Å². The molecule has 0 bridgehead atoms. The minimum Gasteiger partial charge on any atom is -0.357 e. The SMILES string of the molecule is CNC(=O)[C@@H](Cc1ccccc1)N(Cc1cccc(C)c1)C(=O)CN(c1ccc(C)c(C)c1)S(=O)(=O)c1ccc(C)cc1. The summed E-state index contributed by atoms with van der Waals surface area (Å²) in [5, 5.41) is 2.71. The molecule has 0 spiro atoms.